The molecule has 1 aromatic heterocycles. The van der Waals surface area contributed by atoms with Crippen LogP contribution in [0, 0.1) is 39.9 Å². The first-order valence-corrected chi connectivity index (χ1v) is 17.8. The predicted molar refractivity (Wildman–Crippen MR) is 206 cm³/mol. The zero-order valence-corrected chi connectivity index (χ0v) is 28.8. The summed E-state index contributed by atoms with van der Waals surface area (Å²) < 4.78 is 2.27. The average molecular weight is 660 g/mol. The molecule has 5 aromatic carbocycles. The smallest absolute Gasteiger partial charge is 0.0991 e. The Morgan fingerprint density at radius 3 is 2.33 bits per heavy atom. The first kappa shape index (κ1) is 31.9. The van der Waals surface area contributed by atoms with E-state index in [0.717, 1.165) is 86.0 Å². The molecule has 6 aromatic rings. The van der Waals surface area contributed by atoms with Crippen molar-refractivity contribution in [2.24, 2.45) is 5.92 Å². The van der Waals surface area contributed by atoms with E-state index in [1.807, 2.05) is 31.2 Å². The fraction of sp³-hybridized carbons (Fsp3) is 0.196. The fourth-order valence-electron chi connectivity index (χ4n) is 8.59. The van der Waals surface area contributed by atoms with E-state index in [-0.39, 0.29) is 17.9 Å². The summed E-state index contributed by atoms with van der Waals surface area (Å²) in [5, 5.41) is 32.6. The van der Waals surface area contributed by atoms with Gasteiger partial charge in [-0.1, -0.05) is 86.2 Å². The second kappa shape index (κ2) is 13.2. The van der Waals surface area contributed by atoms with Crippen LogP contribution in [0.15, 0.2) is 127 Å². The molecule has 0 fully saturated rings. The highest BCUT2D eigenvalue weighted by Gasteiger charge is 2.42. The van der Waals surface area contributed by atoms with Gasteiger partial charge in [-0.2, -0.15) is 15.8 Å². The van der Waals surface area contributed by atoms with Gasteiger partial charge >= 0.3 is 0 Å². The summed E-state index contributed by atoms with van der Waals surface area (Å²) in [5.41, 5.74) is 12.1. The summed E-state index contributed by atoms with van der Waals surface area (Å²) >= 11 is 0. The molecule has 2 aliphatic rings. The van der Waals surface area contributed by atoms with Crippen LogP contribution < -0.4 is 4.90 Å². The maximum Gasteiger partial charge on any atom is 0.0991 e. The van der Waals surface area contributed by atoms with Crippen molar-refractivity contribution >= 4 is 44.3 Å². The van der Waals surface area contributed by atoms with Gasteiger partial charge in [0.25, 0.3) is 0 Å². The maximum atomic E-state index is 10.7. The molecule has 0 spiro atoms. The summed E-state index contributed by atoms with van der Waals surface area (Å²) in [6.07, 6.45) is 5.70. The normalized spacial score (nSPS) is 17.5. The van der Waals surface area contributed by atoms with Crippen LogP contribution in [-0.2, 0) is 0 Å². The monoisotopic (exact) mass is 659 g/mol. The Kier molecular flexibility index (Phi) is 8.23. The Morgan fingerprint density at radius 1 is 0.765 bits per heavy atom. The zero-order valence-electron chi connectivity index (χ0n) is 28.8. The third kappa shape index (κ3) is 5.20. The molecule has 0 saturated carbocycles. The Bertz CT molecular complexity index is 2530. The number of nitrogens with zero attached hydrogens (tertiary/aromatic N) is 5. The molecule has 0 amide bonds. The van der Waals surface area contributed by atoms with Crippen LogP contribution in [0.2, 0.25) is 0 Å². The molecule has 8 rings (SSSR count). The van der Waals surface area contributed by atoms with Crippen LogP contribution in [0.4, 0.5) is 11.4 Å². The van der Waals surface area contributed by atoms with Crippen molar-refractivity contribution in [3.63, 3.8) is 0 Å². The number of aromatic nitrogens is 1. The molecular formula is C46H37N5. The number of rotatable bonds is 7. The molecule has 0 saturated heterocycles. The number of allylic oxidation sites excluding steroid dienone is 4. The van der Waals surface area contributed by atoms with Crippen LogP contribution in [0.1, 0.15) is 67.7 Å². The molecule has 1 aliphatic carbocycles. The molecule has 246 valence electrons. The van der Waals surface area contributed by atoms with E-state index in [4.69, 9.17) is 0 Å². The average Bonchev–Trinajstić information content (AvgIpc) is 3.69. The number of hydrogen-bond donors (Lipinski definition) is 0. The molecule has 3 unspecified atom stereocenters. The number of fused-ring (bicyclic) bond motifs is 4. The fourth-order valence-corrected chi connectivity index (χ4v) is 8.59. The first-order chi connectivity index (χ1) is 25.1. The Hall–Kier alpha value is -6.35. The number of nitriles is 3. The quantitative estimate of drug-likeness (QED) is 0.171. The van der Waals surface area contributed by atoms with Crippen molar-refractivity contribution < 1.29 is 0 Å². The van der Waals surface area contributed by atoms with Gasteiger partial charge in [-0.25, -0.2) is 0 Å². The van der Waals surface area contributed by atoms with Gasteiger partial charge in [0.2, 0.25) is 0 Å². The Balaban J connectivity index is 1.29. The maximum absolute atomic E-state index is 10.7. The van der Waals surface area contributed by atoms with Crippen molar-refractivity contribution in [2.75, 3.05) is 4.90 Å². The number of benzene rings is 5. The topological polar surface area (TPSA) is 79.5 Å². The van der Waals surface area contributed by atoms with Gasteiger partial charge in [-0.05, 0) is 91.4 Å². The summed E-state index contributed by atoms with van der Waals surface area (Å²) in [6.45, 7) is 4.26. The summed E-state index contributed by atoms with van der Waals surface area (Å²) in [5.74, 6) is -0.0638. The molecule has 5 heteroatoms. The van der Waals surface area contributed by atoms with Gasteiger partial charge in [-0.15, -0.1) is 0 Å². The van der Waals surface area contributed by atoms with Crippen molar-refractivity contribution in [1.82, 2.24) is 4.57 Å². The SMILES string of the molecule is CCCC1C(C(C)C#N)c2ccccc2N1c1ccccc1C1=C(C#N)CCC=C1c1cccc(-n2c3ccccc3c3cc(C#N)ccc32)c1. The molecular weight excluding hydrogens is 623 g/mol. The van der Waals surface area contributed by atoms with E-state index in [0.29, 0.717) is 12.0 Å². The molecule has 2 heterocycles. The molecule has 0 bridgehead atoms. The lowest BCUT2D eigenvalue weighted by Gasteiger charge is -2.34. The van der Waals surface area contributed by atoms with E-state index in [1.165, 1.54) is 5.56 Å². The third-order valence-corrected chi connectivity index (χ3v) is 10.7. The lowest BCUT2D eigenvalue weighted by atomic mass is 9.81. The highest BCUT2D eigenvalue weighted by atomic mass is 15.2. The second-order valence-electron chi connectivity index (χ2n) is 13.6. The number of anilines is 2. The van der Waals surface area contributed by atoms with E-state index in [2.05, 4.69) is 132 Å². The van der Waals surface area contributed by atoms with Gasteiger partial charge in [0, 0.05) is 56.5 Å². The van der Waals surface area contributed by atoms with Crippen LogP contribution in [0.3, 0.4) is 0 Å². The van der Waals surface area contributed by atoms with Crippen LogP contribution in [-0.4, -0.2) is 10.6 Å². The van der Waals surface area contributed by atoms with Crippen molar-refractivity contribution in [3.8, 4) is 23.9 Å². The first-order valence-electron chi connectivity index (χ1n) is 17.8. The van der Waals surface area contributed by atoms with E-state index in [9.17, 15) is 15.8 Å². The highest BCUT2D eigenvalue weighted by Crippen LogP contribution is 2.52. The Morgan fingerprint density at radius 2 is 1.53 bits per heavy atom. The second-order valence-corrected chi connectivity index (χ2v) is 13.6. The molecule has 51 heavy (non-hydrogen) atoms. The molecule has 0 radical (unpaired) electrons. The van der Waals surface area contributed by atoms with Gasteiger partial charge in [0.05, 0.1) is 40.7 Å². The molecule has 1 aliphatic heterocycles. The van der Waals surface area contributed by atoms with E-state index < -0.39 is 0 Å². The summed E-state index contributed by atoms with van der Waals surface area (Å²) in [6, 6.07) is 47.5. The lowest BCUT2D eigenvalue weighted by Crippen LogP contribution is -2.33. The number of para-hydroxylation sites is 3. The number of hydrogen-bond acceptors (Lipinski definition) is 4. The van der Waals surface area contributed by atoms with E-state index in [1.54, 1.807) is 0 Å². The lowest BCUT2D eigenvalue weighted by molar-refractivity contribution is 0.451. The minimum absolute atomic E-state index is 0.0807. The summed E-state index contributed by atoms with van der Waals surface area (Å²) in [4.78, 5) is 2.46. The van der Waals surface area contributed by atoms with E-state index >= 15 is 0 Å². The minimum Gasteiger partial charge on any atom is -0.337 e. The van der Waals surface area contributed by atoms with Gasteiger partial charge in [0.15, 0.2) is 0 Å². The summed E-state index contributed by atoms with van der Waals surface area (Å²) in [7, 11) is 0. The predicted octanol–water partition coefficient (Wildman–Crippen LogP) is 11.4. The van der Waals surface area contributed by atoms with Crippen LogP contribution >= 0.6 is 0 Å². The van der Waals surface area contributed by atoms with Gasteiger partial charge in [-0.3, -0.25) is 0 Å². The van der Waals surface area contributed by atoms with Gasteiger partial charge < -0.3 is 9.47 Å². The van der Waals surface area contributed by atoms with Crippen molar-refractivity contribution in [1.29, 1.82) is 15.8 Å². The standard InChI is InChI=1S/C46H37N5/c1-3-12-44-45(30(2)27-47)37-17-5-8-21-41(37)51(44)42-22-9-6-18-38(42)46-33(29-49)14-11-19-35(46)32-13-10-15-34(26-32)50-40-20-7-4-16-36(40)39-25-31(28-48)23-24-43(39)50/h4-10,13,15-26,30,44-45H,3,11-12,14H2,1-2H3. The van der Waals surface area contributed by atoms with Crippen molar-refractivity contribution in [2.45, 2.75) is 51.5 Å². The van der Waals surface area contributed by atoms with Crippen LogP contribution in [0.5, 0.6) is 0 Å². The van der Waals surface area contributed by atoms with Crippen molar-refractivity contribution in [3.05, 3.63) is 149 Å². The third-order valence-electron chi connectivity index (χ3n) is 10.7. The minimum atomic E-state index is -0.144. The Labute approximate surface area is 299 Å². The van der Waals surface area contributed by atoms with Gasteiger partial charge in [0.1, 0.15) is 0 Å². The molecule has 5 nitrogen and oxygen atoms in total. The molecule has 3 atom stereocenters. The highest BCUT2D eigenvalue weighted by molar-refractivity contribution is 6.12. The van der Waals surface area contributed by atoms with Crippen LogP contribution in [0.25, 0.3) is 38.6 Å². The molecule has 0 N–H and O–H groups in total. The zero-order chi connectivity index (χ0) is 35.1. The largest absolute Gasteiger partial charge is 0.337 e.